The average Bonchev–Trinajstić information content (AvgIpc) is 2.32. The van der Waals surface area contributed by atoms with Crippen LogP contribution in [0.2, 0.25) is 5.02 Å². The molecule has 3 nitrogen and oxygen atoms in total. The molecular formula is C14H12ClFN2O. The van der Waals surface area contributed by atoms with Gasteiger partial charge in [0.15, 0.2) is 0 Å². The molecule has 0 unspecified atom stereocenters. The number of anilines is 2. The molecular weight excluding hydrogens is 267 g/mol. The Hall–Kier alpha value is -2.07. The Bertz CT molecular complexity index is 623. The summed E-state index contributed by atoms with van der Waals surface area (Å²) in [5.41, 5.74) is 7.46. The minimum absolute atomic E-state index is 0.256. The number of hydrogen-bond acceptors (Lipinski definition) is 2. The second-order valence-corrected chi connectivity index (χ2v) is 4.61. The monoisotopic (exact) mass is 278 g/mol. The number of nitrogens with two attached hydrogens (primary N) is 1. The van der Waals surface area contributed by atoms with Crippen LogP contribution in [0.25, 0.3) is 0 Å². The van der Waals surface area contributed by atoms with Crippen LogP contribution < -0.4 is 11.1 Å². The molecule has 0 aliphatic heterocycles. The molecule has 0 radical (unpaired) electrons. The highest BCUT2D eigenvalue weighted by Gasteiger charge is 2.09. The van der Waals surface area contributed by atoms with Crippen molar-refractivity contribution in [3.8, 4) is 0 Å². The zero-order valence-electron chi connectivity index (χ0n) is 10.2. The van der Waals surface area contributed by atoms with Gasteiger partial charge in [0.25, 0.3) is 5.91 Å². The summed E-state index contributed by atoms with van der Waals surface area (Å²) >= 11 is 5.79. The fraction of sp³-hybridized carbons (Fsp3) is 0.0714. The summed E-state index contributed by atoms with van der Waals surface area (Å²) in [6.45, 7) is 1.72. The maximum atomic E-state index is 13.2. The van der Waals surface area contributed by atoms with Gasteiger partial charge in [-0.1, -0.05) is 11.6 Å². The molecule has 0 spiro atoms. The fourth-order valence-corrected chi connectivity index (χ4v) is 1.81. The fourth-order valence-electron chi connectivity index (χ4n) is 1.69. The molecule has 0 heterocycles. The molecule has 19 heavy (non-hydrogen) atoms. The summed E-state index contributed by atoms with van der Waals surface area (Å²) in [6.07, 6.45) is 0. The normalized spacial score (nSPS) is 10.3. The smallest absolute Gasteiger partial charge is 0.255 e. The lowest BCUT2D eigenvalue weighted by molar-refractivity contribution is 0.102. The van der Waals surface area contributed by atoms with Gasteiger partial charge in [-0.3, -0.25) is 4.79 Å². The third kappa shape index (κ3) is 3.23. The molecule has 0 bridgehead atoms. The maximum absolute atomic E-state index is 13.2. The SMILES string of the molecule is Cc1cc(F)cc(C(=O)Nc2ccc(Cl)c(N)c2)c1. The van der Waals surface area contributed by atoms with Crippen molar-refractivity contribution in [2.24, 2.45) is 0 Å². The van der Waals surface area contributed by atoms with Crippen LogP contribution in [-0.4, -0.2) is 5.91 Å². The van der Waals surface area contributed by atoms with E-state index in [0.717, 1.165) is 0 Å². The van der Waals surface area contributed by atoms with Crippen molar-refractivity contribution in [3.05, 3.63) is 58.4 Å². The van der Waals surface area contributed by atoms with Crippen molar-refractivity contribution in [1.29, 1.82) is 0 Å². The van der Waals surface area contributed by atoms with E-state index in [1.807, 2.05) is 0 Å². The number of rotatable bonds is 2. The van der Waals surface area contributed by atoms with E-state index in [1.165, 1.54) is 12.1 Å². The van der Waals surface area contributed by atoms with Crippen LogP contribution >= 0.6 is 11.6 Å². The molecule has 0 saturated carbocycles. The van der Waals surface area contributed by atoms with Crippen molar-refractivity contribution in [1.82, 2.24) is 0 Å². The average molecular weight is 279 g/mol. The largest absolute Gasteiger partial charge is 0.397 e. The topological polar surface area (TPSA) is 55.1 Å². The second kappa shape index (κ2) is 5.28. The van der Waals surface area contributed by atoms with Crippen LogP contribution in [0.1, 0.15) is 15.9 Å². The number of carbonyl (C=O) groups excluding carboxylic acids is 1. The summed E-state index contributed by atoms with van der Waals surface area (Å²) in [5.74, 6) is -0.843. The maximum Gasteiger partial charge on any atom is 0.255 e. The second-order valence-electron chi connectivity index (χ2n) is 4.21. The number of halogens is 2. The Morgan fingerprint density at radius 1 is 1.26 bits per heavy atom. The first-order chi connectivity index (χ1) is 8.95. The zero-order chi connectivity index (χ0) is 14.0. The molecule has 2 aromatic rings. The van der Waals surface area contributed by atoms with E-state index in [4.69, 9.17) is 17.3 Å². The van der Waals surface area contributed by atoms with E-state index in [0.29, 0.717) is 22.0 Å². The van der Waals surface area contributed by atoms with Gasteiger partial charge in [0.05, 0.1) is 10.7 Å². The van der Waals surface area contributed by atoms with E-state index >= 15 is 0 Å². The van der Waals surface area contributed by atoms with Crippen LogP contribution in [0, 0.1) is 12.7 Å². The molecule has 0 aliphatic carbocycles. The molecule has 1 amide bonds. The number of amides is 1. The van der Waals surface area contributed by atoms with Gasteiger partial charge in [-0.25, -0.2) is 4.39 Å². The minimum atomic E-state index is -0.444. The Balaban J connectivity index is 2.22. The lowest BCUT2D eigenvalue weighted by atomic mass is 10.1. The van der Waals surface area contributed by atoms with Crippen molar-refractivity contribution in [2.75, 3.05) is 11.1 Å². The molecule has 0 atom stereocenters. The Kier molecular flexibility index (Phi) is 3.71. The number of nitrogen functional groups attached to an aromatic ring is 1. The number of aryl methyl sites for hydroxylation is 1. The highest BCUT2D eigenvalue weighted by atomic mass is 35.5. The number of hydrogen-bond donors (Lipinski definition) is 2. The highest BCUT2D eigenvalue weighted by molar-refractivity contribution is 6.33. The van der Waals surface area contributed by atoms with Gasteiger partial charge in [-0.05, 0) is 48.9 Å². The van der Waals surface area contributed by atoms with Crippen LogP contribution in [-0.2, 0) is 0 Å². The van der Waals surface area contributed by atoms with Crippen LogP contribution in [0.4, 0.5) is 15.8 Å². The molecule has 0 saturated heterocycles. The lowest BCUT2D eigenvalue weighted by Crippen LogP contribution is -2.12. The summed E-state index contributed by atoms with van der Waals surface area (Å²) in [6, 6.07) is 8.91. The van der Waals surface area contributed by atoms with Gasteiger partial charge in [-0.15, -0.1) is 0 Å². The summed E-state index contributed by atoms with van der Waals surface area (Å²) in [7, 11) is 0. The van der Waals surface area contributed by atoms with E-state index in [1.54, 1.807) is 31.2 Å². The van der Waals surface area contributed by atoms with Gasteiger partial charge in [0, 0.05) is 11.3 Å². The van der Waals surface area contributed by atoms with Crippen LogP contribution in [0.3, 0.4) is 0 Å². The molecule has 2 rings (SSSR count). The van der Waals surface area contributed by atoms with Gasteiger partial charge in [-0.2, -0.15) is 0 Å². The summed E-state index contributed by atoms with van der Waals surface area (Å²) < 4.78 is 13.2. The van der Waals surface area contributed by atoms with Crippen LogP contribution in [0.5, 0.6) is 0 Å². The summed E-state index contributed by atoms with van der Waals surface area (Å²) in [4.78, 5) is 12.0. The van der Waals surface area contributed by atoms with Crippen LogP contribution in [0.15, 0.2) is 36.4 Å². The molecule has 2 aromatic carbocycles. The third-order valence-corrected chi connectivity index (χ3v) is 2.90. The highest BCUT2D eigenvalue weighted by Crippen LogP contribution is 2.22. The first kappa shape index (κ1) is 13.4. The third-order valence-electron chi connectivity index (χ3n) is 2.56. The Labute approximate surface area is 115 Å². The van der Waals surface area contributed by atoms with E-state index in [9.17, 15) is 9.18 Å². The standard InChI is InChI=1S/C14H12ClFN2O/c1-8-4-9(6-10(16)5-8)14(19)18-11-2-3-12(15)13(17)7-11/h2-7H,17H2,1H3,(H,18,19). The Morgan fingerprint density at radius 2 is 2.00 bits per heavy atom. The minimum Gasteiger partial charge on any atom is -0.397 e. The predicted octanol–water partition coefficient (Wildman–Crippen LogP) is 3.62. The first-order valence-electron chi connectivity index (χ1n) is 5.59. The van der Waals surface area contributed by atoms with Crippen molar-refractivity contribution >= 4 is 28.9 Å². The van der Waals surface area contributed by atoms with E-state index < -0.39 is 11.7 Å². The molecule has 3 N–H and O–H groups in total. The van der Waals surface area contributed by atoms with Crippen molar-refractivity contribution in [2.45, 2.75) is 6.92 Å². The zero-order valence-corrected chi connectivity index (χ0v) is 11.0. The first-order valence-corrected chi connectivity index (χ1v) is 5.97. The molecule has 5 heteroatoms. The molecule has 98 valence electrons. The van der Waals surface area contributed by atoms with Crippen molar-refractivity contribution in [3.63, 3.8) is 0 Å². The summed E-state index contributed by atoms with van der Waals surface area (Å²) in [5, 5.41) is 3.05. The predicted molar refractivity (Wildman–Crippen MR) is 75.0 cm³/mol. The van der Waals surface area contributed by atoms with E-state index in [-0.39, 0.29) is 5.56 Å². The Morgan fingerprint density at radius 3 is 2.63 bits per heavy atom. The quantitative estimate of drug-likeness (QED) is 0.824. The number of nitrogens with one attached hydrogen (secondary N) is 1. The van der Waals surface area contributed by atoms with E-state index in [2.05, 4.69) is 5.32 Å². The molecule has 0 aromatic heterocycles. The van der Waals surface area contributed by atoms with Gasteiger partial charge in [0.2, 0.25) is 0 Å². The molecule has 0 aliphatic rings. The van der Waals surface area contributed by atoms with Gasteiger partial charge in [0.1, 0.15) is 5.82 Å². The molecule has 0 fully saturated rings. The van der Waals surface area contributed by atoms with Gasteiger partial charge < -0.3 is 11.1 Å². The number of carbonyl (C=O) groups is 1. The lowest BCUT2D eigenvalue weighted by Gasteiger charge is -2.07. The van der Waals surface area contributed by atoms with Crippen molar-refractivity contribution < 1.29 is 9.18 Å². The van der Waals surface area contributed by atoms with Gasteiger partial charge >= 0.3 is 0 Å². The number of benzene rings is 2.